The molecule has 0 spiro atoms. The summed E-state index contributed by atoms with van der Waals surface area (Å²) in [6, 6.07) is 5.94. The Bertz CT molecular complexity index is 506. The van der Waals surface area contributed by atoms with Crippen molar-refractivity contribution in [3.05, 3.63) is 29.3 Å². The smallest absolute Gasteiger partial charge is 0.180 e. The van der Waals surface area contributed by atoms with Gasteiger partial charge in [-0.1, -0.05) is 11.6 Å². The molecule has 19 heavy (non-hydrogen) atoms. The number of hydrogen-bond donors (Lipinski definition) is 2. The number of aliphatic hydroxyl groups is 1. The molecule has 108 valence electrons. The Labute approximate surface area is 119 Å². The zero-order chi connectivity index (χ0) is 14.7. The number of rotatable bonds is 5. The molecule has 0 saturated carbocycles. The van der Waals surface area contributed by atoms with E-state index in [1.165, 1.54) is 24.3 Å². The van der Waals surface area contributed by atoms with Crippen molar-refractivity contribution >= 4 is 21.4 Å². The van der Waals surface area contributed by atoms with Crippen LogP contribution in [0.25, 0.3) is 0 Å². The zero-order valence-electron chi connectivity index (χ0n) is 11.4. The second kappa shape index (κ2) is 6.22. The van der Waals surface area contributed by atoms with Crippen LogP contribution in [-0.2, 0) is 9.84 Å². The number of aliphatic hydroxyl groups excluding tert-OH is 1. The van der Waals surface area contributed by atoms with Crippen LogP contribution in [0.4, 0.5) is 0 Å². The van der Waals surface area contributed by atoms with Gasteiger partial charge in [-0.3, -0.25) is 0 Å². The number of hydrogen-bond acceptors (Lipinski definition) is 4. The minimum absolute atomic E-state index is 0.162. The fraction of sp³-hybridized carbons (Fsp3) is 0.538. The Kier molecular flexibility index (Phi) is 5.38. The molecule has 0 heterocycles. The van der Waals surface area contributed by atoms with Gasteiger partial charge in [-0.15, -0.1) is 0 Å². The molecule has 0 saturated heterocycles. The fourth-order valence-corrected chi connectivity index (χ4v) is 2.97. The van der Waals surface area contributed by atoms with E-state index in [-0.39, 0.29) is 22.7 Å². The molecule has 4 nitrogen and oxygen atoms in total. The Morgan fingerprint density at radius 2 is 1.79 bits per heavy atom. The van der Waals surface area contributed by atoms with Gasteiger partial charge in [0.2, 0.25) is 0 Å². The SMILES string of the molecule is CC(C)(C)NCC(O)CS(=O)(=O)c1ccc(Cl)cc1. The van der Waals surface area contributed by atoms with Crippen molar-refractivity contribution in [2.75, 3.05) is 12.3 Å². The van der Waals surface area contributed by atoms with Crippen molar-refractivity contribution in [1.29, 1.82) is 0 Å². The number of benzene rings is 1. The first-order valence-electron chi connectivity index (χ1n) is 6.01. The van der Waals surface area contributed by atoms with Crippen molar-refractivity contribution < 1.29 is 13.5 Å². The summed E-state index contributed by atoms with van der Waals surface area (Å²) in [5.74, 6) is -0.308. The summed E-state index contributed by atoms with van der Waals surface area (Å²) in [6.07, 6.45) is -0.945. The minimum atomic E-state index is -3.49. The molecule has 6 heteroatoms. The van der Waals surface area contributed by atoms with Crippen LogP contribution in [0.1, 0.15) is 20.8 Å². The third-order valence-corrected chi connectivity index (χ3v) is 4.52. The predicted molar refractivity (Wildman–Crippen MR) is 77.3 cm³/mol. The highest BCUT2D eigenvalue weighted by molar-refractivity contribution is 7.91. The Morgan fingerprint density at radius 1 is 1.26 bits per heavy atom. The van der Waals surface area contributed by atoms with Crippen LogP contribution in [0.5, 0.6) is 0 Å². The third kappa shape index (κ3) is 5.91. The van der Waals surface area contributed by atoms with Gasteiger partial charge in [0.25, 0.3) is 0 Å². The molecule has 0 aliphatic rings. The van der Waals surface area contributed by atoms with E-state index in [4.69, 9.17) is 11.6 Å². The highest BCUT2D eigenvalue weighted by Gasteiger charge is 2.21. The zero-order valence-corrected chi connectivity index (χ0v) is 12.9. The molecule has 1 aromatic carbocycles. The van der Waals surface area contributed by atoms with Gasteiger partial charge >= 0.3 is 0 Å². The lowest BCUT2D eigenvalue weighted by Gasteiger charge is -2.22. The first-order valence-corrected chi connectivity index (χ1v) is 8.04. The molecule has 0 fully saturated rings. The predicted octanol–water partition coefficient (Wildman–Crippen LogP) is 1.86. The van der Waals surface area contributed by atoms with Crippen LogP contribution in [0.2, 0.25) is 5.02 Å². The van der Waals surface area contributed by atoms with E-state index < -0.39 is 15.9 Å². The molecular weight excluding hydrogens is 286 g/mol. The van der Waals surface area contributed by atoms with E-state index in [1.807, 2.05) is 20.8 Å². The molecule has 1 rings (SSSR count). The van der Waals surface area contributed by atoms with Crippen molar-refractivity contribution in [2.45, 2.75) is 37.3 Å². The highest BCUT2D eigenvalue weighted by Crippen LogP contribution is 2.16. The molecule has 1 unspecified atom stereocenters. The summed E-state index contributed by atoms with van der Waals surface area (Å²) in [7, 11) is -3.49. The van der Waals surface area contributed by atoms with Crippen LogP contribution in [0.15, 0.2) is 29.2 Å². The lowest BCUT2D eigenvalue weighted by Crippen LogP contribution is -2.42. The largest absolute Gasteiger partial charge is 0.391 e. The average Bonchev–Trinajstić information content (AvgIpc) is 2.25. The first-order chi connectivity index (χ1) is 8.60. The van der Waals surface area contributed by atoms with Crippen molar-refractivity contribution in [1.82, 2.24) is 5.32 Å². The maximum atomic E-state index is 12.0. The van der Waals surface area contributed by atoms with E-state index in [0.29, 0.717) is 5.02 Å². The molecule has 0 bridgehead atoms. The van der Waals surface area contributed by atoms with Gasteiger partial charge < -0.3 is 10.4 Å². The van der Waals surface area contributed by atoms with Gasteiger partial charge in [0, 0.05) is 17.1 Å². The van der Waals surface area contributed by atoms with E-state index in [1.54, 1.807) is 0 Å². The summed E-state index contributed by atoms with van der Waals surface area (Å²) >= 11 is 5.71. The second-order valence-corrected chi connectivity index (χ2v) is 7.99. The first kappa shape index (κ1) is 16.4. The molecular formula is C13H20ClNO3S. The number of nitrogens with one attached hydrogen (secondary N) is 1. The molecule has 1 aromatic rings. The Hall–Kier alpha value is -0.620. The van der Waals surface area contributed by atoms with Gasteiger partial charge in [0.1, 0.15) is 0 Å². The van der Waals surface area contributed by atoms with Gasteiger partial charge in [-0.2, -0.15) is 0 Å². The second-order valence-electron chi connectivity index (χ2n) is 5.52. The lowest BCUT2D eigenvalue weighted by atomic mass is 10.1. The van der Waals surface area contributed by atoms with Crippen LogP contribution in [-0.4, -0.2) is 37.5 Å². The van der Waals surface area contributed by atoms with E-state index in [2.05, 4.69) is 5.32 Å². The normalized spacial score (nSPS) is 14.4. The standard InChI is InChI=1S/C13H20ClNO3S/c1-13(2,3)15-8-11(16)9-19(17,18)12-6-4-10(14)5-7-12/h4-7,11,15-16H,8-9H2,1-3H3. The summed E-state index contributed by atoms with van der Waals surface area (Å²) in [5.41, 5.74) is -0.162. The number of β-amino-alcohol motifs (C(OH)–C–C–N with tert-alkyl or cyclic N) is 1. The van der Waals surface area contributed by atoms with Gasteiger partial charge in [0.05, 0.1) is 16.8 Å². The van der Waals surface area contributed by atoms with Crippen molar-refractivity contribution in [3.63, 3.8) is 0 Å². The maximum absolute atomic E-state index is 12.0. The lowest BCUT2D eigenvalue weighted by molar-refractivity contribution is 0.181. The fourth-order valence-electron chi connectivity index (χ4n) is 1.47. The topological polar surface area (TPSA) is 66.4 Å². The Morgan fingerprint density at radius 3 is 2.26 bits per heavy atom. The van der Waals surface area contributed by atoms with E-state index in [0.717, 1.165) is 0 Å². The summed E-state index contributed by atoms with van der Waals surface area (Å²) in [4.78, 5) is 0.173. The number of sulfone groups is 1. The van der Waals surface area contributed by atoms with Crippen LogP contribution >= 0.6 is 11.6 Å². The van der Waals surface area contributed by atoms with Crippen LogP contribution in [0.3, 0.4) is 0 Å². The summed E-state index contributed by atoms with van der Waals surface area (Å²) in [5, 5.41) is 13.3. The van der Waals surface area contributed by atoms with E-state index in [9.17, 15) is 13.5 Å². The maximum Gasteiger partial charge on any atom is 0.180 e. The quantitative estimate of drug-likeness (QED) is 0.871. The summed E-state index contributed by atoms with van der Waals surface area (Å²) < 4.78 is 24.1. The summed E-state index contributed by atoms with van der Waals surface area (Å²) in [6.45, 7) is 6.09. The van der Waals surface area contributed by atoms with Crippen molar-refractivity contribution in [2.24, 2.45) is 0 Å². The molecule has 1 atom stereocenters. The molecule has 0 aliphatic heterocycles. The molecule has 0 amide bonds. The van der Waals surface area contributed by atoms with Crippen molar-refractivity contribution in [3.8, 4) is 0 Å². The molecule has 0 aromatic heterocycles. The van der Waals surface area contributed by atoms with Crippen LogP contribution < -0.4 is 5.32 Å². The van der Waals surface area contributed by atoms with Crippen LogP contribution in [0, 0.1) is 0 Å². The minimum Gasteiger partial charge on any atom is -0.391 e. The van der Waals surface area contributed by atoms with Gasteiger partial charge in [-0.05, 0) is 45.0 Å². The highest BCUT2D eigenvalue weighted by atomic mass is 35.5. The molecule has 0 aliphatic carbocycles. The van der Waals surface area contributed by atoms with Gasteiger partial charge in [0.15, 0.2) is 9.84 Å². The van der Waals surface area contributed by atoms with E-state index >= 15 is 0 Å². The number of halogens is 1. The van der Waals surface area contributed by atoms with Gasteiger partial charge in [-0.25, -0.2) is 8.42 Å². The monoisotopic (exact) mass is 305 g/mol. The average molecular weight is 306 g/mol. The third-order valence-electron chi connectivity index (χ3n) is 2.45. The molecule has 0 radical (unpaired) electrons. The Balaban J connectivity index is 2.67. The molecule has 2 N–H and O–H groups in total.